The molecule has 0 unspecified atom stereocenters. The maximum atomic E-state index is 12.8. The van der Waals surface area contributed by atoms with Crippen LogP contribution in [-0.2, 0) is 7.05 Å². The largest absolute Gasteiger partial charge is 0.353 e. The molecule has 32 heavy (non-hydrogen) atoms. The number of amides is 1. The third-order valence-electron chi connectivity index (χ3n) is 5.48. The average molecular weight is 440 g/mol. The molecule has 4 heterocycles. The van der Waals surface area contributed by atoms with Gasteiger partial charge in [0.15, 0.2) is 5.69 Å². The lowest BCUT2D eigenvalue weighted by molar-refractivity contribution is 0.102. The number of carbonyl (C=O) groups is 1. The molecule has 6 rings (SSSR count). The molecule has 0 fully saturated rings. The van der Waals surface area contributed by atoms with Crippen LogP contribution in [0.3, 0.4) is 0 Å². The zero-order valence-corrected chi connectivity index (χ0v) is 17.7. The molecule has 0 saturated carbocycles. The SMILES string of the molecule is Cn1ncc2cc(NC(=O)c3ccc4[nH]c(-c5nc6cscc6[nH]c5=O)cc4c3)ccc21. The fourth-order valence-corrected chi connectivity index (χ4v) is 4.54. The molecule has 9 heteroatoms. The van der Waals surface area contributed by atoms with E-state index in [-0.39, 0.29) is 11.5 Å². The molecule has 0 aliphatic rings. The number of nitrogens with zero attached hydrogens (tertiary/aromatic N) is 3. The van der Waals surface area contributed by atoms with Crippen molar-refractivity contribution in [3.8, 4) is 11.4 Å². The van der Waals surface area contributed by atoms with Crippen molar-refractivity contribution in [1.82, 2.24) is 24.7 Å². The maximum absolute atomic E-state index is 12.8. The highest BCUT2D eigenvalue weighted by atomic mass is 32.1. The van der Waals surface area contributed by atoms with Crippen molar-refractivity contribution >= 4 is 55.8 Å². The number of thiophene rings is 1. The number of anilines is 1. The van der Waals surface area contributed by atoms with Crippen LogP contribution in [0.25, 0.3) is 44.2 Å². The summed E-state index contributed by atoms with van der Waals surface area (Å²) in [6, 6.07) is 12.9. The van der Waals surface area contributed by atoms with E-state index in [0.29, 0.717) is 22.6 Å². The number of fused-ring (bicyclic) bond motifs is 3. The number of carbonyl (C=O) groups excluding carboxylic acids is 1. The number of aryl methyl sites for hydroxylation is 1. The molecule has 156 valence electrons. The minimum absolute atomic E-state index is 0.214. The average Bonchev–Trinajstić information content (AvgIpc) is 3.50. The van der Waals surface area contributed by atoms with Gasteiger partial charge in [0.25, 0.3) is 11.5 Å². The van der Waals surface area contributed by atoms with Crippen molar-refractivity contribution < 1.29 is 4.79 Å². The summed E-state index contributed by atoms with van der Waals surface area (Å²) in [5, 5.41) is 12.7. The van der Waals surface area contributed by atoms with Crippen molar-refractivity contribution in [1.29, 1.82) is 0 Å². The molecule has 1 amide bonds. The van der Waals surface area contributed by atoms with Gasteiger partial charge in [0, 0.05) is 45.3 Å². The van der Waals surface area contributed by atoms with Crippen LogP contribution in [0.5, 0.6) is 0 Å². The maximum Gasteiger partial charge on any atom is 0.276 e. The topological polar surface area (TPSA) is 108 Å². The van der Waals surface area contributed by atoms with Gasteiger partial charge in [0.1, 0.15) is 0 Å². The smallest absolute Gasteiger partial charge is 0.276 e. The number of aromatic nitrogens is 5. The van der Waals surface area contributed by atoms with Gasteiger partial charge in [-0.1, -0.05) is 0 Å². The summed E-state index contributed by atoms with van der Waals surface area (Å²) in [6.07, 6.45) is 1.77. The van der Waals surface area contributed by atoms with Gasteiger partial charge < -0.3 is 15.3 Å². The molecular weight excluding hydrogens is 424 g/mol. The van der Waals surface area contributed by atoms with Crippen molar-refractivity contribution in [2.24, 2.45) is 7.05 Å². The highest BCUT2D eigenvalue weighted by Gasteiger charge is 2.13. The number of hydrogen-bond acceptors (Lipinski definition) is 5. The van der Waals surface area contributed by atoms with Crippen LogP contribution in [0.4, 0.5) is 5.69 Å². The Labute approximate surface area is 184 Å². The second kappa shape index (κ2) is 6.89. The van der Waals surface area contributed by atoms with Gasteiger partial charge in [-0.3, -0.25) is 14.3 Å². The number of rotatable bonds is 3. The standard InChI is InChI=1S/C23H16N6O2S/c1-29-20-5-3-15(7-14(20)9-24-29)25-22(30)12-2-4-16-13(6-12)8-17(26-16)21-23(31)28-19-11-32-10-18(19)27-21/h2-11,26H,1H3,(H,25,30)(H,28,31). The molecule has 0 bridgehead atoms. The third-order valence-corrected chi connectivity index (χ3v) is 6.21. The summed E-state index contributed by atoms with van der Waals surface area (Å²) in [6.45, 7) is 0. The quantitative estimate of drug-likeness (QED) is 0.382. The van der Waals surface area contributed by atoms with Crippen LogP contribution < -0.4 is 10.9 Å². The first-order chi connectivity index (χ1) is 15.5. The van der Waals surface area contributed by atoms with E-state index in [9.17, 15) is 9.59 Å². The Kier molecular flexibility index (Phi) is 3.99. The van der Waals surface area contributed by atoms with E-state index in [1.54, 1.807) is 23.0 Å². The first-order valence-corrected chi connectivity index (χ1v) is 10.8. The zero-order valence-electron chi connectivity index (χ0n) is 16.8. The van der Waals surface area contributed by atoms with E-state index in [1.165, 1.54) is 11.3 Å². The Morgan fingerprint density at radius 2 is 1.94 bits per heavy atom. The molecule has 8 nitrogen and oxygen atoms in total. The second-order valence-electron chi connectivity index (χ2n) is 7.57. The molecular formula is C23H16N6O2S. The number of H-pyrrole nitrogens is 2. The zero-order chi connectivity index (χ0) is 21.8. The van der Waals surface area contributed by atoms with Crippen LogP contribution in [0.1, 0.15) is 10.4 Å². The van der Waals surface area contributed by atoms with Crippen molar-refractivity contribution in [2.75, 3.05) is 5.32 Å². The number of hydrogen-bond donors (Lipinski definition) is 3. The predicted molar refractivity (Wildman–Crippen MR) is 126 cm³/mol. The number of benzene rings is 2. The van der Waals surface area contributed by atoms with Crippen LogP contribution in [0.2, 0.25) is 0 Å². The minimum Gasteiger partial charge on any atom is -0.353 e. The summed E-state index contributed by atoms with van der Waals surface area (Å²) in [5.41, 5.74) is 5.17. The highest BCUT2D eigenvalue weighted by molar-refractivity contribution is 7.09. The molecule has 0 aliphatic heterocycles. The summed E-state index contributed by atoms with van der Waals surface area (Å²) in [5.74, 6) is -0.214. The van der Waals surface area contributed by atoms with Gasteiger partial charge in [-0.15, -0.1) is 11.3 Å². The van der Waals surface area contributed by atoms with Gasteiger partial charge in [-0.05, 0) is 42.5 Å². The summed E-state index contributed by atoms with van der Waals surface area (Å²) < 4.78 is 1.79. The molecule has 0 radical (unpaired) electrons. The molecule has 6 aromatic rings. The first-order valence-electron chi connectivity index (χ1n) is 9.88. The molecule has 4 aromatic heterocycles. The van der Waals surface area contributed by atoms with E-state index in [2.05, 4.69) is 25.4 Å². The minimum atomic E-state index is -0.258. The summed E-state index contributed by atoms with van der Waals surface area (Å²) in [7, 11) is 1.88. The number of aromatic amines is 2. The van der Waals surface area contributed by atoms with Crippen molar-refractivity contribution in [3.63, 3.8) is 0 Å². The van der Waals surface area contributed by atoms with Crippen LogP contribution in [-0.4, -0.2) is 30.6 Å². The molecule has 0 saturated heterocycles. The Hall–Kier alpha value is -4.24. The van der Waals surface area contributed by atoms with Gasteiger partial charge in [0.05, 0.1) is 28.4 Å². The highest BCUT2D eigenvalue weighted by Crippen LogP contribution is 2.25. The van der Waals surface area contributed by atoms with E-state index in [0.717, 1.165) is 32.8 Å². The Morgan fingerprint density at radius 3 is 2.84 bits per heavy atom. The molecule has 2 aromatic carbocycles. The van der Waals surface area contributed by atoms with Crippen LogP contribution in [0, 0.1) is 0 Å². The van der Waals surface area contributed by atoms with Gasteiger partial charge in [-0.25, -0.2) is 4.98 Å². The fraction of sp³-hybridized carbons (Fsp3) is 0.0435. The Bertz CT molecular complexity index is 1720. The number of nitrogens with one attached hydrogen (secondary N) is 3. The Morgan fingerprint density at radius 1 is 1.03 bits per heavy atom. The van der Waals surface area contributed by atoms with Crippen LogP contribution >= 0.6 is 11.3 Å². The first kappa shape index (κ1) is 18.5. The van der Waals surface area contributed by atoms with E-state index in [1.807, 2.05) is 48.1 Å². The van der Waals surface area contributed by atoms with Crippen molar-refractivity contribution in [2.45, 2.75) is 0 Å². The summed E-state index contributed by atoms with van der Waals surface area (Å²) in [4.78, 5) is 35.9. The molecule has 3 N–H and O–H groups in total. The van der Waals surface area contributed by atoms with E-state index < -0.39 is 0 Å². The normalized spacial score (nSPS) is 11.5. The molecule has 0 spiro atoms. The fourth-order valence-electron chi connectivity index (χ4n) is 3.85. The second-order valence-corrected chi connectivity index (χ2v) is 8.31. The van der Waals surface area contributed by atoms with Gasteiger partial charge >= 0.3 is 0 Å². The van der Waals surface area contributed by atoms with E-state index >= 15 is 0 Å². The lowest BCUT2D eigenvalue weighted by Crippen LogP contribution is -2.11. The molecule has 0 atom stereocenters. The lowest BCUT2D eigenvalue weighted by atomic mass is 10.1. The van der Waals surface area contributed by atoms with E-state index in [4.69, 9.17) is 0 Å². The Balaban J connectivity index is 1.33. The monoisotopic (exact) mass is 440 g/mol. The van der Waals surface area contributed by atoms with Crippen molar-refractivity contribution in [3.05, 3.63) is 75.3 Å². The van der Waals surface area contributed by atoms with Gasteiger partial charge in [-0.2, -0.15) is 5.10 Å². The van der Waals surface area contributed by atoms with Crippen LogP contribution in [0.15, 0.2) is 64.2 Å². The van der Waals surface area contributed by atoms with Gasteiger partial charge in [0.2, 0.25) is 0 Å². The predicted octanol–water partition coefficient (Wildman–Crippen LogP) is 4.27. The third kappa shape index (κ3) is 2.98. The summed E-state index contributed by atoms with van der Waals surface area (Å²) >= 11 is 1.49. The molecule has 0 aliphatic carbocycles. The lowest BCUT2D eigenvalue weighted by Gasteiger charge is -2.06.